The molecule has 1 amide bonds. The summed E-state index contributed by atoms with van der Waals surface area (Å²) in [6, 6.07) is 15.4. The highest BCUT2D eigenvalue weighted by molar-refractivity contribution is 5.96. The molecule has 114 valence electrons. The summed E-state index contributed by atoms with van der Waals surface area (Å²) >= 11 is 0. The molecule has 0 unspecified atom stereocenters. The Labute approximate surface area is 134 Å². The number of aromatic amines is 1. The fourth-order valence-electron chi connectivity index (χ4n) is 3.00. The van der Waals surface area contributed by atoms with Gasteiger partial charge in [0.05, 0.1) is 11.0 Å². The number of H-pyrrole nitrogens is 1. The molecule has 1 N–H and O–H groups in total. The molecule has 1 aromatic carbocycles. The van der Waals surface area contributed by atoms with Crippen LogP contribution in [-0.2, 0) is 0 Å². The average Bonchev–Trinajstić information content (AvgIpc) is 3.06. The lowest BCUT2D eigenvalue weighted by Gasteiger charge is -2.25. The van der Waals surface area contributed by atoms with Crippen molar-refractivity contribution in [2.24, 2.45) is 0 Å². The fourth-order valence-corrected chi connectivity index (χ4v) is 3.00. The maximum absolute atomic E-state index is 12.6. The third-order valence-electron chi connectivity index (χ3n) is 4.17. The van der Waals surface area contributed by atoms with Crippen molar-refractivity contribution in [3.63, 3.8) is 0 Å². The molecule has 0 bridgehead atoms. The van der Waals surface area contributed by atoms with Gasteiger partial charge in [0.1, 0.15) is 0 Å². The van der Waals surface area contributed by atoms with Crippen LogP contribution in [0, 0.1) is 0 Å². The van der Waals surface area contributed by atoms with Gasteiger partial charge in [0.25, 0.3) is 5.91 Å². The predicted molar refractivity (Wildman–Crippen MR) is 90.8 cm³/mol. The first kappa shape index (κ1) is 13.8. The highest BCUT2D eigenvalue weighted by atomic mass is 16.2. The Morgan fingerprint density at radius 3 is 2.83 bits per heavy atom. The van der Waals surface area contributed by atoms with E-state index in [1.807, 2.05) is 53.6 Å². The first-order valence-corrected chi connectivity index (χ1v) is 7.82. The summed E-state index contributed by atoms with van der Waals surface area (Å²) in [6.45, 7) is 0.760. The number of nitrogens with one attached hydrogen (secondary N) is 1. The number of rotatable bonds is 2. The van der Waals surface area contributed by atoms with Crippen LogP contribution in [0.25, 0.3) is 16.6 Å². The number of benzene rings is 1. The second-order valence-electron chi connectivity index (χ2n) is 5.74. The number of amides is 1. The van der Waals surface area contributed by atoms with Gasteiger partial charge in [0.2, 0.25) is 0 Å². The second kappa shape index (κ2) is 5.72. The lowest BCUT2D eigenvalue weighted by atomic mass is 10.0. The molecule has 23 heavy (non-hydrogen) atoms. The van der Waals surface area contributed by atoms with Crippen molar-refractivity contribution in [1.29, 1.82) is 0 Å². The van der Waals surface area contributed by atoms with E-state index in [0.717, 1.165) is 47.3 Å². The number of allylic oxidation sites excluding steroid dienone is 1. The van der Waals surface area contributed by atoms with Crippen LogP contribution in [-0.4, -0.2) is 27.3 Å². The molecule has 0 spiro atoms. The molecule has 3 aromatic rings. The summed E-state index contributed by atoms with van der Waals surface area (Å²) in [5.41, 5.74) is 4.90. The van der Waals surface area contributed by atoms with Crippen molar-refractivity contribution >= 4 is 22.5 Å². The number of carbonyl (C=O) groups excluding carboxylic acids is 1. The smallest absolute Gasteiger partial charge is 0.257 e. The summed E-state index contributed by atoms with van der Waals surface area (Å²) in [5.74, 6) is 0.0528. The first-order valence-electron chi connectivity index (χ1n) is 7.82. The fraction of sp³-hybridized carbons (Fsp3) is 0.158. The molecule has 3 heterocycles. The van der Waals surface area contributed by atoms with Crippen LogP contribution in [0.4, 0.5) is 0 Å². The molecule has 4 rings (SSSR count). The van der Waals surface area contributed by atoms with Crippen LogP contribution in [0.1, 0.15) is 28.9 Å². The SMILES string of the molecule is O=C(c1ccccc1)N1C=C(c2cc3ncccc3[nH]2)CCC1. The van der Waals surface area contributed by atoms with Crippen LogP contribution in [0.5, 0.6) is 0 Å². The summed E-state index contributed by atoms with van der Waals surface area (Å²) in [5, 5.41) is 0. The highest BCUT2D eigenvalue weighted by Crippen LogP contribution is 2.27. The Morgan fingerprint density at radius 2 is 2.00 bits per heavy atom. The summed E-state index contributed by atoms with van der Waals surface area (Å²) in [6.07, 6.45) is 5.70. The Kier molecular flexibility index (Phi) is 3.42. The van der Waals surface area contributed by atoms with Gasteiger partial charge in [-0.15, -0.1) is 0 Å². The number of fused-ring (bicyclic) bond motifs is 1. The van der Waals surface area contributed by atoms with E-state index in [9.17, 15) is 4.79 Å². The maximum atomic E-state index is 12.6. The summed E-state index contributed by atoms with van der Waals surface area (Å²) in [4.78, 5) is 22.2. The molecule has 4 nitrogen and oxygen atoms in total. The van der Waals surface area contributed by atoms with Crippen molar-refractivity contribution in [2.45, 2.75) is 12.8 Å². The zero-order valence-corrected chi connectivity index (χ0v) is 12.7. The molecule has 0 aliphatic carbocycles. The largest absolute Gasteiger partial charge is 0.353 e. The number of aromatic nitrogens is 2. The number of nitrogens with zero attached hydrogens (tertiary/aromatic N) is 2. The van der Waals surface area contributed by atoms with Gasteiger partial charge >= 0.3 is 0 Å². The van der Waals surface area contributed by atoms with E-state index in [2.05, 4.69) is 16.0 Å². The minimum Gasteiger partial charge on any atom is -0.353 e. The van der Waals surface area contributed by atoms with E-state index < -0.39 is 0 Å². The standard InChI is InChI=1S/C19H17N3O/c23-19(14-6-2-1-3-7-14)22-11-5-8-15(13-22)17-12-18-16(21-17)9-4-10-20-18/h1-4,6-7,9-10,12-13,21H,5,8,11H2. The number of hydrogen-bond donors (Lipinski definition) is 1. The van der Waals surface area contributed by atoms with E-state index in [-0.39, 0.29) is 5.91 Å². The van der Waals surface area contributed by atoms with Gasteiger partial charge < -0.3 is 9.88 Å². The molecular formula is C19H17N3O. The Bertz CT molecular complexity index is 847. The van der Waals surface area contributed by atoms with Gasteiger partial charge in [-0.2, -0.15) is 0 Å². The molecular weight excluding hydrogens is 286 g/mol. The molecule has 1 aliphatic heterocycles. The van der Waals surface area contributed by atoms with E-state index >= 15 is 0 Å². The third kappa shape index (κ3) is 2.63. The highest BCUT2D eigenvalue weighted by Gasteiger charge is 2.19. The minimum absolute atomic E-state index is 0.0528. The van der Waals surface area contributed by atoms with Crippen LogP contribution in [0.15, 0.2) is 60.9 Å². The molecule has 4 heteroatoms. The van der Waals surface area contributed by atoms with Crippen molar-refractivity contribution in [2.75, 3.05) is 6.54 Å². The molecule has 0 saturated heterocycles. The second-order valence-corrected chi connectivity index (χ2v) is 5.74. The molecule has 2 aromatic heterocycles. The van der Waals surface area contributed by atoms with Crippen molar-refractivity contribution in [3.8, 4) is 0 Å². The van der Waals surface area contributed by atoms with E-state index in [1.165, 1.54) is 0 Å². The van der Waals surface area contributed by atoms with Gasteiger partial charge in [0.15, 0.2) is 0 Å². The molecule has 0 radical (unpaired) electrons. The summed E-state index contributed by atoms with van der Waals surface area (Å²) < 4.78 is 0. The van der Waals surface area contributed by atoms with Crippen LogP contribution in [0.3, 0.4) is 0 Å². The lowest BCUT2D eigenvalue weighted by molar-refractivity contribution is 0.0817. The molecule has 1 aliphatic rings. The van der Waals surface area contributed by atoms with Crippen molar-refractivity contribution in [1.82, 2.24) is 14.9 Å². The topological polar surface area (TPSA) is 49.0 Å². The van der Waals surface area contributed by atoms with Crippen LogP contribution >= 0.6 is 0 Å². The average molecular weight is 303 g/mol. The maximum Gasteiger partial charge on any atom is 0.257 e. The van der Waals surface area contributed by atoms with Gasteiger partial charge in [0, 0.05) is 30.2 Å². The number of carbonyl (C=O) groups is 1. The van der Waals surface area contributed by atoms with E-state index in [1.54, 1.807) is 6.20 Å². The van der Waals surface area contributed by atoms with E-state index in [0.29, 0.717) is 0 Å². The lowest BCUT2D eigenvalue weighted by Crippen LogP contribution is -2.29. The summed E-state index contributed by atoms with van der Waals surface area (Å²) in [7, 11) is 0. The van der Waals surface area contributed by atoms with Crippen LogP contribution < -0.4 is 0 Å². The zero-order valence-electron chi connectivity index (χ0n) is 12.7. The normalized spacial score (nSPS) is 14.8. The quantitative estimate of drug-likeness (QED) is 0.782. The Morgan fingerprint density at radius 1 is 1.13 bits per heavy atom. The third-order valence-corrected chi connectivity index (χ3v) is 4.17. The van der Waals surface area contributed by atoms with Gasteiger partial charge in [-0.25, -0.2) is 0 Å². The predicted octanol–water partition coefficient (Wildman–Crippen LogP) is 3.84. The monoisotopic (exact) mass is 303 g/mol. The number of pyridine rings is 1. The Balaban J connectivity index is 1.66. The van der Waals surface area contributed by atoms with Gasteiger partial charge in [-0.05, 0) is 48.7 Å². The molecule has 0 saturated carbocycles. The number of hydrogen-bond acceptors (Lipinski definition) is 2. The minimum atomic E-state index is 0.0528. The van der Waals surface area contributed by atoms with Gasteiger partial charge in [-0.3, -0.25) is 9.78 Å². The Hall–Kier alpha value is -2.88. The molecule has 0 atom stereocenters. The van der Waals surface area contributed by atoms with E-state index in [4.69, 9.17) is 0 Å². The zero-order chi connectivity index (χ0) is 15.6. The van der Waals surface area contributed by atoms with Crippen molar-refractivity contribution in [3.05, 3.63) is 72.2 Å². The van der Waals surface area contributed by atoms with Crippen LogP contribution in [0.2, 0.25) is 0 Å². The first-order chi connectivity index (χ1) is 11.3. The molecule has 0 fully saturated rings. The van der Waals surface area contributed by atoms with Crippen molar-refractivity contribution < 1.29 is 4.79 Å². The van der Waals surface area contributed by atoms with Gasteiger partial charge in [-0.1, -0.05) is 18.2 Å².